The second-order valence-corrected chi connectivity index (χ2v) is 7.62. The molecule has 0 aromatic heterocycles. The number of hydrogen-bond acceptors (Lipinski definition) is 5. The summed E-state index contributed by atoms with van der Waals surface area (Å²) in [6.45, 7) is 2.41. The molecule has 7 heteroatoms. The van der Waals surface area contributed by atoms with Gasteiger partial charge in [-0.2, -0.15) is 0 Å². The van der Waals surface area contributed by atoms with E-state index in [0.29, 0.717) is 18.7 Å². The van der Waals surface area contributed by atoms with E-state index >= 15 is 0 Å². The van der Waals surface area contributed by atoms with Crippen LogP contribution < -0.4 is 5.32 Å². The van der Waals surface area contributed by atoms with Crippen LogP contribution in [0.5, 0.6) is 0 Å². The number of methoxy groups -OCH3 is 1. The van der Waals surface area contributed by atoms with Crippen molar-refractivity contribution in [2.24, 2.45) is 0 Å². The van der Waals surface area contributed by atoms with Crippen molar-refractivity contribution < 1.29 is 19.1 Å². The Bertz CT molecular complexity index is 926. The van der Waals surface area contributed by atoms with Gasteiger partial charge in [-0.3, -0.25) is 14.5 Å². The highest BCUT2D eigenvalue weighted by Gasteiger charge is 2.35. The van der Waals surface area contributed by atoms with E-state index in [0.717, 1.165) is 16.7 Å². The van der Waals surface area contributed by atoms with Crippen molar-refractivity contribution in [2.45, 2.75) is 25.9 Å². The molecule has 1 heterocycles. The lowest BCUT2D eigenvalue weighted by atomic mass is 9.94. The number of hydrogen-bond donors (Lipinski definition) is 1. The average Bonchev–Trinajstić information content (AvgIpc) is 2.73. The van der Waals surface area contributed by atoms with Gasteiger partial charge < -0.3 is 15.0 Å². The smallest absolute Gasteiger partial charge is 0.328 e. The van der Waals surface area contributed by atoms with Gasteiger partial charge in [0.25, 0.3) is 0 Å². The monoisotopic (exact) mass is 409 g/mol. The molecule has 2 aromatic rings. The van der Waals surface area contributed by atoms with Crippen molar-refractivity contribution >= 4 is 23.5 Å². The first-order chi connectivity index (χ1) is 14.4. The lowest BCUT2D eigenvalue weighted by molar-refractivity contribution is -0.154. The van der Waals surface area contributed by atoms with Crippen LogP contribution in [0.1, 0.15) is 16.7 Å². The Hall–Kier alpha value is -3.19. The normalized spacial score (nSPS) is 15.5. The van der Waals surface area contributed by atoms with Crippen LogP contribution in [0.3, 0.4) is 0 Å². The minimum atomic E-state index is -0.660. The number of esters is 1. The highest BCUT2D eigenvalue weighted by Crippen LogP contribution is 2.24. The Kier molecular flexibility index (Phi) is 6.84. The molecule has 0 bridgehead atoms. The summed E-state index contributed by atoms with van der Waals surface area (Å²) in [4.78, 5) is 40.7. The van der Waals surface area contributed by atoms with Crippen molar-refractivity contribution in [3.05, 3.63) is 65.2 Å². The van der Waals surface area contributed by atoms with Crippen molar-refractivity contribution in [3.8, 4) is 0 Å². The summed E-state index contributed by atoms with van der Waals surface area (Å²) in [6.07, 6.45) is 0.423. The predicted octanol–water partition coefficient (Wildman–Crippen LogP) is 1.99. The topological polar surface area (TPSA) is 79.0 Å². The number of fused-ring (bicyclic) bond motifs is 1. The van der Waals surface area contributed by atoms with Crippen molar-refractivity contribution in [1.29, 1.82) is 0 Å². The number of nitrogens with zero attached hydrogens (tertiary/aromatic N) is 2. The third kappa shape index (κ3) is 5.24. The van der Waals surface area contributed by atoms with Gasteiger partial charge in [-0.15, -0.1) is 0 Å². The molecule has 7 nitrogen and oxygen atoms in total. The van der Waals surface area contributed by atoms with Gasteiger partial charge in [0.1, 0.15) is 6.04 Å². The van der Waals surface area contributed by atoms with E-state index in [-0.39, 0.29) is 24.9 Å². The maximum atomic E-state index is 13.0. The van der Waals surface area contributed by atoms with Crippen LogP contribution in [0.15, 0.2) is 48.5 Å². The molecule has 2 aromatic carbocycles. The average molecular weight is 409 g/mol. The maximum absolute atomic E-state index is 13.0. The number of likely N-dealkylation sites (N-methyl/N-ethyl adjacent to an activating group) is 1. The Morgan fingerprint density at radius 3 is 2.40 bits per heavy atom. The van der Waals surface area contributed by atoms with Gasteiger partial charge in [0.2, 0.25) is 11.8 Å². The molecule has 1 aliphatic rings. The number of rotatable bonds is 6. The first-order valence-electron chi connectivity index (χ1n) is 9.86. The minimum absolute atomic E-state index is 0.0248. The summed E-state index contributed by atoms with van der Waals surface area (Å²) >= 11 is 0. The molecule has 0 saturated heterocycles. The van der Waals surface area contributed by atoms with Gasteiger partial charge in [0.15, 0.2) is 0 Å². The van der Waals surface area contributed by atoms with Crippen molar-refractivity contribution in [3.63, 3.8) is 0 Å². The fourth-order valence-electron chi connectivity index (χ4n) is 3.59. The van der Waals surface area contributed by atoms with Crippen LogP contribution in [0.4, 0.5) is 5.69 Å². The van der Waals surface area contributed by atoms with E-state index in [2.05, 4.69) is 5.32 Å². The minimum Gasteiger partial charge on any atom is -0.467 e. The molecule has 0 spiro atoms. The maximum Gasteiger partial charge on any atom is 0.328 e. The Labute approximate surface area is 176 Å². The number of benzene rings is 2. The molecule has 0 unspecified atom stereocenters. The van der Waals surface area contributed by atoms with E-state index in [1.54, 1.807) is 16.8 Å². The fraction of sp³-hybridized carbons (Fsp3) is 0.348. The second-order valence-electron chi connectivity index (χ2n) is 7.62. The zero-order valence-electron chi connectivity index (χ0n) is 17.6. The second kappa shape index (κ2) is 9.54. The molecule has 1 atom stereocenters. The summed E-state index contributed by atoms with van der Waals surface area (Å²) in [5.41, 5.74) is 3.89. The molecular formula is C23H27N3O4. The van der Waals surface area contributed by atoms with E-state index in [9.17, 15) is 14.4 Å². The highest BCUT2D eigenvalue weighted by molar-refractivity contribution is 5.93. The third-order valence-corrected chi connectivity index (χ3v) is 5.20. The Balaban J connectivity index is 1.62. The number of amides is 2. The summed E-state index contributed by atoms with van der Waals surface area (Å²) in [7, 11) is 3.03. The third-order valence-electron chi connectivity index (χ3n) is 5.20. The largest absolute Gasteiger partial charge is 0.467 e. The molecule has 30 heavy (non-hydrogen) atoms. The molecular weight excluding hydrogens is 382 g/mol. The molecule has 1 N–H and O–H groups in total. The zero-order valence-corrected chi connectivity index (χ0v) is 17.6. The quantitative estimate of drug-likeness (QED) is 0.739. The van der Waals surface area contributed by atoms with Gasteiger partial charge >= 0.3 is 5.97 Å². The van der Waals surface area contributed by atoms with Crippen molar-refractivity contribution in [2.75, 3.05) is 32.6 Å². The zero-order chi connectivity index (χ0) is 21.7. The molecule has 0 saturated carbocycles. The van der Waals surface area contributed by atoms with Crippen LogP contribution >= 0.6 is 0 Å². The van der Waals surface area contributed by atoms with Crippen LogP contribution in [0.25, 0.3) is 0 Å². The van der Waals surface area contributed by atoms with Crippen LogP contribution in [0, 0.1) is 6.92 Å². The highest BCUT2D eigenvalue weighted by atomic mass is 16.5. The Morgan fingerprint density at radius 1 is 1.07 bits per heavy atom. The predicted molar refractivity (Wildman–Crippen MR) is 114 cm³/mol. The summed E-state index contributed by atoms with van der Waals surface area (Å²) in [6, 6.07) is 14.6. The molecule has 0 aliphatic carbocycles. The lowest BCUT2D eigenvalue weighted by Crippen LogP contribution is -2.52. The van der Waals surface area contributed by atoms with Crippen LogP contribution in [-0.4, -0.2) is 60.9 Å². The SMILES string of the molecule is COC(=O)[C@@H]1Cc2ccccc2CN1C(=O)CN(C)CC(=O)Nc1ccc(C)cc1. The van der Waals surface area contributed by atoms with E-state index in [1.807, 2.05) is 55.5 Å². The van der Waals surface area contributed by atoms with E-state index in [1.165, 1.54) is 7.11 Å². The Morgan fingerprint density at radius 2 is 1.73 bits per heavy atom. The number of ether oxygens (including phenoxy) is 1. The number of carbonyl (C=O) groups is 3. The number of carbonyl (C=O) groups excluding carboxylic acids is 3. The number of nitrogens with one attached hydrogen (secondary N) is 1. The van der Waals surface area contributed by atoms with Gasteiger partial charge in [0.05, 0.1) is 20.2 Å². The fourth-order valence-corrected chi connectivity index (χ4v) is 3.59. The van der Waals surface area contributed by atoms with Crippen molar-refractivity contribution in [1.82, 2.24) is 9.80 Å². The van der Waals surface area contributed by atoms with E-state index in [4.69, 9.17) is 4.74 Å². The summed E-state index contributed by atoms with van der Waals surface area (Å²) in [5.74, 6) is -0.856. The van der Waals surface area contributed by atoms with Gasteiger partial charge in [-0.1, -0.05) is 42.0 Å². The summed E-state index contributed by atoms with van der Waals surface area (Å²) in [5, 5.41) is 2.82. The van der Waals surface area contributed by atoms with E-state index < -0.39 is 12.0 Å². The molecule has 0 radical (unpaired) electrons. The van der Waals surface area contributed by atoms with Crippen LogP contribution in [-0.2, 0) is 32.1 Å². The summed E-state index contributed by atoms with van der Waals surface area (Å²) < 4.78 is 4.92. The first-order valence-corrected chi connectivity index (χ1v) is 9.86. The molecule has 3 rings (SSSR count). The number of aryl methyl sites for hydroxylation is 1. The lowest BCUT2D eigenvalue weighted by Gasteiger charge is -2.36. The standard InChI is InChI=1S/C23H27N3O4/c1-16-8-10-19(11-9-16)24-21(27)14-25(2)15-22(28)26-13-18-7-5-4-6-17(18)12-20(26)23(29)30-3/h4-11,20H,12-15H2,1-3H3,(H,24,27)/t20-/m0/s1. The van der Waals surface area contributed by atoms with Gasteiger partial charge in [-0.25, -0.2) is 4.79 Å². The van der Waals surface area contributed by atoms with Gasteiger partial charge in [0, 0.05) is 18.7 Å². The van der Waals surface area contributed by atoms with Crippen LogP contribution in [0.2, 0.25) is 0 Å². The molecule has 0 fully saturated rings. The molecule has 158 valence electrons. The number of anilines is 1. The molecule has 2 amide bonds. The molecule has 1 aliphatic heterocycles. The van der Waals surface area contributed by atoms with Gasteiger partial charge in [-0.05, 0) is 37.2 Å². The first kappa shape index (κ1) is 21.5.